The molecule has 190 valence electrons. The molecule has 0 saturated carbocycles. The van der Waals surface area contributed by atoms with E-state index in [9.17, 15) is 14.4 Å². The summed E-state index contributed by atoms with van der Waals surface area (Å²) in [5.74, 6) is 0.907. The fraction of sp³-hybridized carbons (Fsp3) is 0.370. The standard InChI is InChI=1S/C27H32N4O5/c1-4-30-26(33)24(25(28)31(27(30)34)16-18-9-6-5-7-10-18)22(32)17-29-14-8-11-21(29)20-15-19(35-2)12-13-23(20)36-3/h5-7,9-10,12-13,15,21H,4,8,11,14,16-17,28H2,1-3H3/t21-/m1/s1. The van der Waals surface area contributed by atoms with E-state index in [2.05, 4.69) is 0 Å². The topological polar surface area (TPSA) is 109 Å². The zero-order valence-electron chi connectivity index (χ0n) is 20.9. The van der Waals surface area contributed by atoms with Crippen LogP contribution >= 0.6 is 0 Å². The Hall–Kier alpha value is -3.85. The lowest BCUT2D eigenvalue weighted by Crippen LogP contribution is -2.45. The third-order valence-corrected chi connectivity index (χ3v) is 6.75. The number of nitrogens with two attached hydrogens (primary N) is 1. The number of carbonyl (C=O) groups is 1. The van der Waals surface area contributed by atoms with Crippen molar-refractivity contribution < 1.29 is 14.3 Å². The number of Topliss-reactive ketones (excluding diaryl/α,β-unsaturated/α-hetero) is 1. The van der Waals surface area contributed by atoms with E-state index in [1.54, 1.807) is 21.1 Å². The van der Waals surface area contributed by atoms with Crippen molar-refractivity contribution in [1.29, 1.82) is 0 Å². The highest BCUT2D eigenvalue weighted by Gasteiger charge is 2.32. The molecular formula is C27H32N4O5. The van der Waals surface area contributed by atoms with Gasteiger partial charge in [-0.2, -0.15) is 0 Å². The maximum Gasteiger partial charge on any atom is 0.332 e. The molecule has 0 spiro atoms. The molecule has 1 saturated heterocycles. The van der Waals surface area contributed by atoms with E-state index >= 15 is 0 Å². The molecule has 9 nitrogen and oxygen atoms in total. The monoisotopic (exact) mass is 492 g/mol. The molecule has 4 rings (SSSR count). The zero-order chi connectivity index (χ0) is 25.8. The number of hydrogen-bond acceptors (Lipinski definition) is 7. The van der Waals surface area contributed by atoms with Gasteiger partial charge >= 0.3 is 5.69 Å². The number of ketones is 1. The smallest absolute Gasteiger partial charge is 0.332 e. The number of nitrogens with zero attached hydrogens (tertiary/aromatic N) is 3. The van der Waals surface area contributed by atoms with Crippen LogP contribution in [0.5, 0.6) is 11.5 Å². The maximum absolute atomic E-state index is 13.6. The Labute approximate surface area is 209 Å². The van der Waals surface area contributed by atoms with Gasteiger partial charge in [0.25, 0.3) is 5.56 Å². The molecule has 1 aromatic heterocycles. The van der Waals surface area contributed by atoms with Gasteiger partial charge in [0, 0.05) is 18.2 Å². The van der Waals surface area contributed by atoms with Crippen molar-refractivity contribution >= 4 is 11.6 Å². The Morgan fingerprint density at radius 2 is 1.81 bits per heavy atom. The van der Waals surface area contributed by atoms with Crippen LogP contribution in [0.3, 0.4) is 0 Å². The lowest BCUT2D eigenvalue weighted by atomic mass is 10.0. The highest BCUT2D eigenvalue weighted by atomic mass is 16.5. The van der Waals surface area contributed by atoms with E-state index in [1.165, 1.54) is 4.57 Å². The highest BCUT2D eigenvalue weighted by molar-refractivity contribution is 6.01. The molecule has 1 aliphatic heterocycles. The molecule has 0 amide bonds. The van der Waals surface area contributed by atoms with Crippen molar-refractivity contribution in [3.8, 4) is 11.5 Å². The summed E-state index contributed by atoms with van der Waals surface area (Å²) in [6.07, 6.45) is 1.72. The number of benzene rings is 2. The van der Waals surface area contributed by atoms with Crippen LogP contribution in [0.15, 0.2) is 58.1 Å². The lowest BCUT2D eigenvalue weighted by Gasteiger charge is -2.26. The first-order chi connectivity index (χ1) is 17.4. The predicted molar refractivity (Wildman–Crippen MR) is 138 cm³/mol. The molecule has 0 unspecified atom stereocenters. The van der Waals surface area contributed by atoms with Crippen LogP contribution in [0.1, 0.15) is 47.3 Å². The van der Waals surface area contributed by atoms with E-state index in [-0.39, 0.29) is 37.1 Å². The zero-order valence-corrected chi connectivity index (χ0v) is 20.9. The van der Waals surface area contributed by atoms with Gasteiger partial charge in [0.1, 0.15) is 22.9 Å². The first kappa shape index (κ1) is 25.2. The summed E-state index contributed by atoms with van der Waals surface area (Å²) in [7, 11) is 3.22. The first-order valence-electron chi connectivity index (χ1n) is 12.1. The third kappa shape index (κ3) is 4.79. The fourth-order valence-corrected chi connectivity index (χ4v) is 4.91. The van der Waals surface area contributed by atoms with Gasteiger partial charge < -0.3 is 15.2 Å². The number of rotatable bonds is 9. The molecule has 1 atom stereocenters. The summed E-state index contributed by atoms with van der Waals surface area (Å²) in [5.41, 5.74) is 6.78. The molecular weight excluding hydrogens is 460 g/mol. The lowest BCUT2D eigenvalue weighted by molar-refractivity contribution is 0.0918. The van der Waals surface area contributed by atoms with Gasteiger partial charge in [0.2, 0.25) is 0 Å². The number of carbonyl (C=O) groups excluding carboxylic acids is 1. The first-order valence-corrected chi connectivity index (χ1v) is 12.1. The summed E-state index contributed by atoms with van der Waals surface area (Å²) >= 11 is 0. The molecule has 2 aromatic carbocycles. The maximum atomic E-state index is 13.6. The van der Waals surface area contributed by atoms with Crippen molar-refractivity contribution in [3.05, 3.63) is 86.1 Å². The quantitative estimate of drug-likeness (QED) is 0.458. The molecule has 1 fully saturated rings. The Morgan fingerprint density at radius 1 is 1.06 bits per heavy atom. The predicted octanol–water partition coefficient (Wildman–Crippen LogP) is 2.70. The average molecular weight is 493 g/mol. The minimum absolute atomic E-state index is 0.00226. The van der Waals surface area contributed by atoms with Crippen LogP contribution < -0.4 is 26.5 Å². The number of hydrogen-bond donors (Lipinski definition) is 1. The summed E-state index contributed by atoms with van der Waals surface area (Å²) in [6.45, 7) is 2.69. The van der Waals surface area contributed by atoms with E-state index in [0.29, 0.717) is 18.0 Å². The van der Waals surface area contributed by atoms with E-state index in [4.69, 9.17) is 15.2 Å². The van der Waals surface area contributed by atoms with Gasteiger partial charge in [-0.05, 0) is 50.1 Å². The second kappa shape index (κ2) is 10.8. The number of methoxy groups -OCH3 is 2. The third-order valence-electron chi connectivity index (χ3n) is 6.75. The van der Waals surface area contributed by atoms with Crippen molar-refractivity contribution in [2.24, 2.45) is 0 Å². The van der Waals surface area contributed by atoms with Crippen LogP contribution in [-0.4, -0.2) is 47.1 Å². The van der Waals surface area contributed by atoms with Gasteiger partial charge in [-0.25, -0.2) is 4.79 Å². The summed E-state index contributed by atoms with van der Waals surface area (Å²) < 4.78 is 13.3. The van der Waals surface area contributed by atoms with E-state index in [1.807, 2.05) is 53.4 Å². The largest absolute Gasteiger partial charge is 0.497 e. The van der Waals surface area contributed by atoms with Crippen molar-refractivity contribution in [3.63, 3.8) is 0 Å². The fourth-order valence-electron chi connectivity index (χ4n) is 4.91. The Morgan fingerprint density at radius 3 is 2.47 bits per heavy atom. The minimum Gasteiger partial charge on any atom is -0.497 e. The number of nitrogen functional groups attached to an aromatic ring is 1. The van der Waals surface area contributed by atoms with Gasteiger partial charge in [-0.3, -0.25) is 23.6 Å². The Kier molecular flexibility index (Phi) is 7.59. The molecule has 2 N–H and O–H groups in total. The van der Waals surface area contributed by atoms with Crippen LogP contribution in [0.25, 0.3) is 0 Å². The molecule has 0 aliphatic carbocycles. The summed E-state index contributed by atoms with van der Waals surface area (Å²) in [6, 6.07) is 14.9. The van der Waals surface area contributed by atoms with Crippen LogP contribution in [0.4, 0.5) is 5.82 Å². The van der Waals surface area contributed by atoms with Gasteiger partial charge in [0.05, 0.1) is 27.3 Å². The molecule has 0 radical (unpaired) electrons. The number of ether oxygens (including phenoxy) is 2. The number of likely N-dealkylation sites (tertiary alicyclic amines) is 1. The van der Waals surface area contributed by atoms with Crippen molar-refractivity contribution in [2.45, 2.75) is 38.9 Å². The molecule has 0 bridgehead atoms. The summed E-state index contributed by atoms with van der Waals surface area (Å²) in [5, 5.41) is 0. The average Bonchev–Trinajstić information content (AvgIpc) is 3.34. The molecule has 36 heavy (non-hydrogen) atoms. The Balaban J connectivity index is 1.70. The van der Waals surface area contributed by atoms with Gasteiger partial charge in [-0.1, -0.05) is 30.3 Å². The molecule has 3 aromatic rings. The summed E-state index contributed by atoms with van der Waals surface area (Å²) in [4.78, 5) is 41.8. The number of anilines is 1. The Bertz CT molecular complexity index is 1360. The van der Waals surface area contributed by atoms with Crippen molar-refractivity contribution in [1.82, 2.24) is 14.0 Å². The van der Waals surface area contributed by atoms with Crippen LogP contribution in [0.2, 0.25) is 0 Å². The van der Waals surface area contributed by atoms with Gasteiger partial charge in [0.15, 0.2) is 5.78 Å². The second-order valence-electron chi connectivity index (χ2n) is 8.82. The SMILES string of the molecule is CCn1c(=O)c(C(=O)CN2CCC[C@@H]2c2cc(OC)ccc2OC)c(N)n(Cc2ccccc2)c1=O. The highest BCUT2D eigenvalue weighted by Crippen LogP contribution is 2.38. The van der Waals surface area contributed by atoms with E-state index in [0.717, 1.165) is 28.5 Å². The van der Waals surface area contributed by atoms with Gasteiger partial charge in [-0.15, -0.1) is 0 Å². The molecule has 2 heterocycles. The number of aromatic nitrogens is 2. The van der Waals surface area contributed by atoms with Crippen LogP contribution in [-0.2, 0) is 13.1 Å². The normalized spacial score (nSPS) is 15.7. The van der Waals surface area contributed by atoms with Crippen molar-refractivity contribution in [2.75, 3.05) is 33.0 Å². The molecule has 9 heteroatoms. The van der Waals surface area contributed by atoms with E-state index < -0.39 is 17.0 Å². The second-order valence-corrected chi connectivity index (χ2v) is 8.82. The van der Waals surface area contributed by atoms with Crippen LogP contribution in [0, 0.1) is 0 Å². The molecule has 1 aliphatic rings. The minimum atomic E-state index is -0.649.